The van der Waals surface area contributed by atoms with Gasteiger partial charge in [-0.25, -0.2) is 13.2 Å². The van der Waals surface area contributed by atoms with E-state index in [1.54, 1.807) is 0 Å². The van der Waals surface area contributed by atoms with Crippen LogP contribution in [0.4, 0.5) is 13.2 Å². The number of aromatic nitrogens is 1. The maximum atomic E-state index is 13.8. The van der Waals surface area contributed by atoms with Crippen molar-refractivity contribution in [2.45, 2.75) is 45.2 Å². The molecule has 1 aromatic heterocycles. The molecule has 2 aliphatic heterocycles. The normalized spacial score (nSPS) is 20.0. The number of carbonyl (C=O) groups is 2. The number of ether oxygens (including phenoxy) is 1. The van der Waals surface area contributed by atoms with Crippen molar-refractivity contribution in [1.29, 1.82) is 0 Å². The molecule has 11 heteroatoms. The number of rotatable bonds is 4. The van der Waals surface area contributed by atoms with Crippen molar-refractivity contribution in [3.63, 3.8) is 0 Å². The Morgan fingerprint density at radius 2 is 1.94 bits per heavy atom. The van der Waals surface area contributed by atoms with Gasteiger partial charge in [0, 0.05) is 30.9 Å². The van der Waals surface area contributed by atoms with Crippen molar-refractivity contribution < 1.29 is 32.6 Å². The molecule has 8 nitrogen and oxygen atoms in total. The number of amides is 2. The molecule has 1 saturated heterocycles. The second-order valence-corrected chi connectivity index (χ2v) is 7.67. The van der Waals surface area contributed by atoms with Crippen LogP contribution in [0.5, 0.6) is 5.75 Å². The van der Waals surface area contributed by atoms with Crippen LogP contribution in [0.1, 0.15) is 46.2 Å². The van der Waals surface area contributed by atoms with Crippen molar-refractivity contribution in [3.8, 4) is 5.75 Å². The van der Waals surface area contributed by atoms with Gasteiger partial charge >= 0.3 is 0 Å². The summed E-state index contributed by atoms with van der Waals surface area (Å²) >= 11 is 0. The average Bonchev–Trinajstić information content (AvgIpc) is 2.77. The summed E-state index contributed by atoms with van der Waals surface area (Å²) in [6.07, 6.45) is 1.87. The van der Waals surface area contributed by atoms with Gasteiger partial charge in [-0.15, -0.1) is 0 Å². The van der Waals surface area contributed by atoms with Crippen molar-refractivity contribution in [2.75, 3.05) is 6.54 Å². The van der Waals surface area contributed by atoms with Crippen molar-refractivity contribution in [2.24, 2.45) is 0 Å². The van der Waals surface area contributed by atoms with E-state index in [4.69, 9.17) is 4.74 Å². The molecule has 4 rings (SSSR count). The van der Waals surface area contributed by atoms with Crippen molar-refractivity contribution in [3.05, 3.63) is 62.8 Å². The van der Waals surface area contributed by atoms with E-state index in [2.05, 4.69) is 5.32 Å². The molecule has 0 aliphatic carbocycles. The summed E-state index contributed by atoms with van der Waals surface area (Å²) < 4.78 is 47.4. The van der Waals surface area contributed by atoms with Crippen LogP contribution in [0.25, 0.3) is 0 Å². The maximum Gasteiger partial charge on any atom is 0.276 e. The standard InChI is InChI=1S/C21H20F3N3O5/c1-2-11-3-4-27-16(32-11)9-26-8-12(18(28)19(29)17(26)21(27)31)20(30)25-7-10-5-14(23)15(24)6-13(10)22/h5-6,8,11,16,29H,2-4,7,9H2,1H3,(H,25,30). The Morgan fingerprint density at radius 1 is 1.22 bits per heavy atom. The fourth-order valence-electron chi connectivity index (χ4n) is 3.92. The summed E-state index contributed by atoms with van der Waals surface area (Å²) in [5.41, 5.74) is -2.13. The van der Waals surface area contributed by atoms with Gasteiger partial charge in [-0.3, -0.25) is 14.4 Å². The number of nitrogens with zero attached hydrogens (tertiary/aromatic N) is 2. The summed E-state index contributed by atoms with van der Waals surface area (Å²) in [7, 11) is 0. The van der Waals surface area contributed by atoms with Gasteiger partial charge in [-0.05, 0) is 18.9 Å². The van der Waals surface area contributed by atoms with Crippen molar-refractivity contribution >= 4 is 11.8 Å². The Balaban J connectivity index is 1.61. The average molecular weight is 451 g/mol. The Bertz CT molecular complexity index is 1170. The van der Waals surface area contributed by atoms with E-state index in [0.29, 0.717) is 25.1 Å². The molecule has 1 fully saturated rings. The predicted octanol–water partition coefficient (Wildman–Crippen LogP) is 1.88. The number of hydrogen-bond acceptors (Lipinski definition) is 5. The Hall–Kier alpha value is -3.34. The smallest absolute Gasteiger partial charge is 0.276 e. The quantitative estimate of drug-likeness (QED) is 0.692. The van der Waals surface area contributed by atoms with Gasteiger partial charge in [0.15, 0.2) is 29.3 Å². The van der Waals surface area contributed by atoms with Crippen LogP contribution in [0.3, 0.4) is 0 Å². The van der Waals surface area contributed by atoms with E-state index in [1.807, 2.05) is 6.92 Å². The molecule has 1 aromatic carbocycles. The summed E-state index contributed by atoms with van der Waals surface area (Å²) in [6.45, 7) is 1.95. The molecule has 2 aromatic rings. The minimum atomic E-state index is -1.37. The van der Waals surface area contributed by atoms with E-state index in [1.165, 1.54) is 9.47 Å². The van der Waals surface area contributed by atoms with Crippen LogP contribution in [-0.4, -0.2) is 45.3 Å². The molecule has 2 unspecified atom stereocenters. The first-order valence-electron chi connectivity index (χ1n) is 10.1. The van der Waals surface area contributed by atoms with E-state index in [-0.39, 0.29) is 23.9 Å². The van der Waals surface area contributed by atoms with Gasteiger partial charge in [-0.1, -0.05) is 6.92 Å². The second-order valence-electron chi connectivity index (χ2n) is 7.67. The van der Waals surface area contributed by atoms with Gasteiger partial charge in [0.1, 0.15) is 11.4 Å². The molecule has 2 atom stereocenters. The molecule has 2 aliphatic rings. The molecule has 0 radical (unpaired) electrons. The topological polar surface area (TPSA) is 101 Å². The van der Waals surface area contributed by atoms with Crippen LogP contribution < -0.4 is 10.7 Å². The zero-order valence-corrected chi connectivity index (χ0v) is 17.0. The first-order valence-corrected chi connectivity index (χ1v) is 10.1. The van der Waals surface area contributed by atoms with Gasteiger partial charge < -0.3 is 24.6 Å². The van der Waals surface area contributed by atoms with E-state index >= 15 is 0 Å². The van der Waals surface area contributed by atoms with Crippen LogP contribution in [0.15, 0.2) is 23.1 Å². The van der Waals surface area contributed by atoms with Crippen LogP contribution in [-0.2, 0) is 17.8 Å². The highest BCUT2D eigenvalue weighted by molar-refractivity contribution is 5.99. The van der Waals surface area contributed by atoms with Gasteiger partial charge in [0.05, 0.1) is 12.6 Å². The second kappa shape index (κ2) is 8.30. The Kier molecular flexibility index (Phi) is 5.68. The molecule has 2 N–H and O–H groups in total. The number of carbonyl (C=O) groups excluding carboxylic acids is 2. The first-order chi connectivity index (χ1) is 15.2. The fourth-order valence-corrected chi connectivity index (χ4v) is 3.92. The van der Waals surface area contributed by atoms with Gasteiger partial charge in [0.25, 0.3) is 11.8 Å². The number of aromatic hydroxyl groups is 1. The monoisotopic (exact) mass is 451 g/mol. The fraction of sp³-hybridized carbons (Fsp3) is 0.381. The molecule has 32 heavy (non-hydrogen) atoms. The van der Waals surface area contributed by atoms with Crippen LogP contribution in [0, 0.1) is 17.5 Å². The molecule has 0 bridgehead atoms. The number of halogens is 3. The summed E-state index contributed by atoms with van der Waals surface area (Å²) in [6, 6.07) is 0.946. The van der Waals surface area contributed by atoms with Crippen LogP contribution >= 0.6 is 0 Å². The zero-order valence-electron chi connectivity index (χ0n) is 17.0. The lowest BCUT2D eigenvalue weighted by molar-refractivity contribution is -0.134. The molecule has 2 amide bonds. The third-order valence-electron chi connectivity index (χ3n) is 5.69. The zero-order chi connectivity index (χ0) is 23.2. The summed E-state index contributed by atoms with van der Waals surface area (Å²) in [5, 5.41) is 12.6. The molecule has 0 saturated carbocycles. The Morgan fingerprint density at radius 3 is 2.66 bits per heavy atom. The number of hydrogen-bond donors (Lipinski definition) is 2. The lowest BCUT2D eigenvalue weighted by atomic mass is 10.1. The molecule has 170 valence electrons. The lowest BCUT2D eigenvalue weighted by Crippen LogP contribution is -2.55. The van der Waals surface area contributed by atoms with E-state index in [9.17, 15) is 32.7 Å². The highest BCUT2D eigenvalue weighted by Crippen LogP contribution is 2.29. The highest BCUT2D eigenvalue weighted by Gasteiger charge is 2.40. The number of fused-ring (bicyclic) bond motifs is 2. The molecule has 0 spiro atoms. The first kappa shape index (κ1) is 21.9. The molecule has 3 heterocycles. The summed E-state index contributed by atoms with van der Waals surface area (Å²) in [5.74, 6) is -6.16. The SMILES string of the molecule is CCC1CCN2C(=O)c3c(O)c(=O)c(C(=O)NCc4cc(F)c(F)cc4F)cn3CC2O1. The summed E-state index contributed by atoms with van der Waals surface area (Å²) in [4.78, 5) is 39.4. The number of nitrogens with one attached hydrogen (secondary N) is 1. The third-order valence-corrected chi connectivity index (χ3v) is 5.69. The van der Waals surface area contributed by atoms with Gasteiger partial charge in [0.2, 0.25) is 5.43 Å². The largest absolute Gasteiger partial charge is 0.503 e. The highest BCUT2D eigenvalue weighted by atomic mass is 19.2. The lowest BCUT2D eigenvalue weighted by Gasteiger charge is -2.43. The van der Waals surface area contributed by atoms with Gasteiger partial charge in [-0.2, -0.15) is 0 Å². The predicted molar refractivity (Wildman–Crippen MR) is 104 cm³/mol. The number of pyridine rings is 1. The number of benzene rings is 1. The Labute approximate surface area is 180 Å². The van der Waals surface area contributed by atoms with Crippen LogP contribution in [0.2, 0.25) is 0 Å². The third kappa shape index (κ3) is 3.72. The molecular formula is C21H20F3N3O5. The van der Waals surface area contributed by atoms with E-state index in [0.717, 1.165) is 12.6 Å². The van der Waals surface area contributed by atoms with Crippen molar-refractivity contribution in [1.82, 2.24) is 14.8 Å². The molecular weight excluding hydrogens is 431 g/mol. The maximum absolute atomic E-state index is 13.8. The minimum Gasteiger partial charge on any atom is -0.503 e. The minimum absolute atomic E-state index is 0.0349. The van der Waals surface area contributed by atoms with E-state index < -0.39 is 58.8 Å².